The first-order valence-corrected chi connectivity index (χ1v) is 8.91. The maximum Gasteiger partial charge on any atom is 0.256 e. The first-order valence-electron chi connectivity index (χ1n) is 8.91. The highest BCUT2D eigenvalue weighted by Crippen LogP contribution is 2.26. The Morgan fingerprint density at radius 2 is 1.96 bits per heavy atom. The Morgan fingerprint density at radius 1 is 1.25 bits per heavy atom. The molecular formula is C19H27N3O2. The highest BCUT2D eigenvalue weighted by atomic mass is 16.3. The fourth-order valence-electron chi connectivity index (χ4n) is 3.66. The van der Waals surface area contributed by atoms with Gasteiger partial charge in [-0.3, -0.25) is 9.69 Å². The van der Waals surface area contributed by atoms with Crippen molar-refractivity contribution in [2.75, 3.05) is 26.7 Å². The number of hydrazone groups is 1. The molecule has 130 valence electrons. The third kappa shape index (κ3) is 4.02. The second kappa shape index (κ2) is 7.90. The van der Waals surface area contributed by atoms with Crippen LogP contribution in [0.4, 0.5) is 0 Å². The van der Waals surface area contributed by atoms with Gasteiger partial charge in [0.25, 0.3) is 5.91 Å². The number of hydrogen-bond acceptors (Lipinski definition) is 4. The van der Waals surface area contributed by atoms with Crippen LogP contribution in [0.1, 0.15) is 37.7 Å². The molecule has 0 unspecified atom stereocenters. The molecule has 0 saturated heterocycles. The van der Waals surface area contributed by atoms with Crippen molar-refractivity contribution in [3.05, 3.63) is 35.9 Å². The zero-order valence-corrected chi connectivity index (χ0v) is 14.4. The summed E-state index contributed by atoms with van der Waals surface area (Å²) in [5.41, 5.74) is 2.10. The van der Waals surface area contributed by atoms with Gasteiger partial charge in [0.1, 0.15) is 0 Å². The zero-order valence-electron chi connectivity index (χ0n) is 14.4. The summed E-state index contributed by atoms with van der Waals surface area (Å²) in [5, 5.41) is 15.4. The quantitative estimate of drug-likeness (QED) is 0.900. The van der Waals surface area contributed by atoms with E-state index in [0.29, 0.717) is 31.7 Å². The average molecular weight is 329 g/mol. The van der Waals surface area contributed by atoms with Crippen molar-refractivity contribution in [2.45, 2.75) is 38.1 Å². The third-order valence-electron chi connectivity index (χ3n) is 5.28. The molecule has 2 aliphatic rings. The molecule has 0 atom stereocenters. The third-order valence-corrected chi connectivity index (χ3v) is 5.28. The van der Waals surface area contributed by atoms with E-state index >= 15 is 0 Å². The van der Waals surface area contributed by atoms with Gasteiger partial charge in [-0.1, -0.05) is 30.3 Å². The van der Waals surface area contributed by atoms with Crippen LogP contribution in [-0.2, 0) is 4.79 Å². The van der Waals surface area contributed by atoms with Gasteiger partial charge in [-0.05, 0) is 44.2 Å². The molecule has 0 aromatic heterocycles. The number of nitrogens with zero attached hydrogens (tertiary/aromatic N) is 3. The number of aliphatic hydroxyl groups excluding tert-OH is 1. The summed E-state index contributed by atoms with van der Waals surface area (Å²) >= 11 is 0. The van der Waals surface area contributed by atoms with Crippen molar-refractivity contribution >= 4 is 11.6 Å². The number of aliphatic hydroxyl groups is 1. The molecule has 1 aliphatic carbocycles. The number of carbonyl (C=O) groups excluding carboxylic acids is 1. The Labute approximate surface area is 144 Å². The zero-order chi connectivity index (χ0) is 16.9. The minimum atomic E-state index is 0.0766. The maximum absolute atomic E-state index is 12.5. The van der Waals surface area contributed by atoms with Crippen molar-refractivity contribution in [1.29, 1.82) is 0 Å². The first kappa shape index (κ1) is 17.1. The van der Waals surface area contributed by atoms with Crippen LogP contribution in [0, 0.1) is 5.92 Å². The monoisotopic (exact) mass is 329 g/mol. The minimum absolute atomic E-state index is 0.0766. The molecule has 0 spiro atoms. The van der Waals surface area contributed by atoms with Gasteiger partial charge in [-0.15, -0.1) is 0 Å². The lowest BCUT2D eigenvalue weighted by Crippen LogP contribution is -2.42. The van der Waals surface area contributed by atoms with Gasteiger partial charge in [0.15, 0.2) is 0 Å². The van der Waals surface area contributed by atoms with Crippen LogP contribution < -0.4 is 0 Å². The second-order valence-electron chi connectivity index (χ2n) is 6.95. The van der Waals surface area contributed by atoms with Crippen molar-refractivity contribution in [3.63, 3.8) is 0 Å². The normalized spacial score (nSPS) is 24.3. The summed E-state index contributed by atoms with van der Waals surface area (Å²) in [4.78, 5) is 14.7. The molecule has 1 aromatic carbocycles. The van der Waals surface area contributed by atoms with E-state index in [4.69, 9.17) is 0 Å². The number of rotatable bonds is 5. The van der Waals surface area contributed by atoms with E-state index in [1.807, 2.05) is 37.4 Å². The van der Waals surface area contributed by atoms with Crippen LogP contribution in [0.3, 0.4) is 0 Å². The summed E-state index contributed by atoms with van der Waals surface area (Å²) in [6.45, 7) is 1.38. The molecule has 1 amide bonds. The SMILES string of the molecule is CN(CC(=O)N1CCC(c2ccccc2)=N1)C1CCC(CO)CC1. The Balaban J connectivity index is 1.53. The van der Waals surface area contributed by atoms with Gasteiger partial charge in [0.2, 0.25) is 0 Å². The Bertz CT molecular complexity index is 580. The van der Waals surface area contributed by atoms with Crippen molar-refractivity contribution in [3.8, 4) is 0 Å². The van der Waals surface area contributed by atoms with E-state index in [-0.39, 0.29) is 5.91 Å². The molecule has 24 heavy (non-hydrogen) atoms. The largest absolute Gasteiger partial charge is 0.396 e. The summed E-state index contributed by atoms with van der Waals surface area (Å²) in [6.07, 6.45) is 5.06. The lowest BCUT2D eigenvalue weighted by Gasteiger charge is -2.34. The summed E-state index contributed by atoms with van der Waals surface area (Å²) in [7, 11) is 2.03. The fraction of sp³-hybridized carbons (Fsp3) is 0.579. The molecule has 1 aromatic rings. The standard InChI is InChI=1S/C19H27N3O2/c1-21(17-9-7-15(14-23)8-10-17)13-19(24)22-12-11-18(20-22)16-5-3-2-4-6-16/h2-6,15,17,23H,7-14H2,1H3. The van der Waals surface area contributed by atoms with E-state index < -0.39 is 0 Å². The summed E-state index contributed by atoms with van der Waals surface area (Å²) in [5.74, 6) is 0.523. The number of amides is 1. The van der Waals surface area contributed by atoms with Crippen molar-refractivity contribution in [1.82, 2.24) is 9.91 Å². The number of hydrogen-bond donors (Lipinski definition) is 1. The number of benzene rings is 1. The van der Waals surface area contributed by atoms with Crippen molar-refractivity contribution in [2.24, 2.45) is 11.0 Å². The molecule has 0 bridgehead atoms. The maximum atomic E-state index is 12.5. The molecule has 1 aliphatic heterocycles. The van der Waals surface area contributed by atoms with Crippen LogP contribution in [0.25, 0.3) is 0 Å². The molecule has 3 rings (SSSR count). The molecule has 1 fully saturated rings. The van der Waals surface area contributed by atoms with Gasteiger partial charge in [0, 0.05) is 19.1 Å². The Hall–Kier alpha value is -1.72. The second-order valence-corrected chi connectivity index (χ2v) is 6.95. The predicted octanol–water partition coefficient (Wildman–Crippen LogP) is 2.11. The highest BCUT2D eigenvalue weighted by molar-refractivity contribution is 6.02. The number of likely N-dealkylation sites (N-methyl/N-ethyl adjacent to an activating group) is 1. The lowest BCUT2D eigenvalue weighted by atomic mass is 9.86. The van der Waals surface area contributed by atoms with E-state index in [9.17, 15) is 9.90 Å². The van der Waals surface area contributed by atoms with E-state index in [2.05, 4.69) is 10.0 Å². The first-order chi connectivity index (χ1) is 11.7. The minimum Gasteiger partial charge on any atom is -0.396 e. The van der Waals surface area contributed by atoms with E-state index in [1.165, 1.54) is 0 Å². The topological polar surface area (TPSA) is 56.1 Å². The lowest BCUT2D eigenvalue weighted by molar-refractivity contribution is -0.132. The molecule has 5 heteroatoms. The Morgan fingerprint density at radius 3 is 2.62 bits per heavy atom. The van der Waals surface area contributed by atoms with Gasteiger partial charge < -0.3 is 5.11 Å². The summed E-state index contributed by atoms with van der Waals surface area (Å²) < 4.78 is 0. The van der Waals surface area contributed by atoms with E-state index in [1.54, 1.807) is 5.01 Å². The van der Waals surface area contributed by atoms with E-state index in [0.717, 1.165) is 43.4 Å². The van der Waals surface area contributed by atoms with Crippen LogP contribution in [0.5, 0.6) is 0 Å². The molecule has 0 radical (unpaired) electrons. The van der Waals surface area contributed by atoms with Crippen LogP contribution in [0.15, 0.2) is 35.4 Å². The van der Waals surface area contributed by atoms with Gasteiger partial charge >= 0.3 is 0 Å². The van der Waals surface area contributed by atoms with Crippen LogP contribution in [-0.4, -0.2) is 59.4 Å². The van der Waals surface area contributed by atoms with Gasteiger partial charge in [0.05, 0.1) is 18.8 Å². The smallest absolute Gasteiger partial charge is 0.256 e. The molecule has 1 saturated carbocycles. The predicted molar refractivity (Wildman–Crippen MR) is 94.8 cm³/mol. The average Bonchev–Trinajstić information content (AvgIpc) is 3.13. The fourth-order valence-corrected chi connectivity index (χ4v) is 3.66. The molecule has 5 nitrogen and oxygen atoms in total. The van der Waals surface area contributed by atoms with Gasteiger partial charge in [-0.2, -0.15) is 5.10 Å². The highest BCUT2D eigenvalue weighted by Gasteiger charge is 2.27. The van der Waals surface area contributed by atoms with Gasteiger partial charge in [-0.25, -0.2) is 5.01 Å². The number of carbonyl (C=O) groups is 1. The van der Waals surface area contributed by atoms with Crippen LogP contribution in [0.2, 0.25) is 0 Å². The molecular weight excluding hydrogens is 302 g/mol. The molecule has 1 heterocycles. The molecule has 1 N–H and O–H groups in total. The van der Waals surface area contributed by atoms with Crippen molar-refractivity contribution < 1.29 is 9.90 Å². The summed E-state index contributed by atoms with van der Waals surface area (Å²) in [6, 6.07) is 10.5. The Kier molecular flexibility index (Phi) is 5.63. The van der Waals surface area contributed by atoms with Crippen LogP contribution >= 0.6 is 0 Å².